The predicted molar refractivity (Wildman–Crippen MR) is 227 cm³/mol. The van der Waals surface area contributed by atoms with Gasteiger partial charge in [-0.3, -0.25) is 0 Å². The number of para-hydroxylation sites is 2. The van der Waals surface area contributed by atoms with Gasteiger partial charge in [0.25, 0.3) is 0 Å². The van der Waals surface area contributed by atoms with Gasteiger partial charge in [0.15, 0.2) is 17.5 Å². The van der Waals surface area contributed by atoms with Crippen molar-refractivity contribution in [3.63, 3.8) is 0 Å². The lowest BCUT2D eigenvalue weighted by Gasteiger charge is -2.17. The van der Waals surface area contributed by atoms with Crippen LogP contribution in [0.5, 0.6) is 0 Å². The van der Waals surface area contributed by atoms with Crippen molar-refractivity contribution in [2.75, 3.05) is 0 Å². The summed E-state index contributed by atoms with van der Waals surface area (Å²) in [4.78, 5) is 15.4. The Kier molecular flexibility index (Phi) is 6.23. The van der Waals surface area contributed by atoms with Crippen molar-refractivity contribution < 1.29 is 11.0 Å². The Balaban J connectivity index is 1.33. The van der Waals surface area contributed by atoms with Crippen LogP contribution in [-0.4, -0.2) is 19.5 Å². The zero-order valence-electron chi connectivity index (χ0n) is 37.3. The summed E-state index contributed by atoms with van der Waals surface area (Å²) in [6.45, 7) is 0. The molecule has 0 radical (unpaired) electrons. The summed E-state index contributed by atoms with van der Waals surface area (Å²) in [6.07, 6.45) is 0. The van der Waals surface area contributed by atoms with Crippen LogP contribution in [0.2, 0.25) is 0 Å². The van der Waals surface area contributed by atoms with Gasteiger partial charge in [0.05, 0.1) is 27.7 Å². The minimum Gasteiger partial charge on any atom is -0.308 e. The molecule has 0 saturated heterocycles. The zero-order valence-corrected chi connectivity index (χ0v) is 29.3. The Morgan fingerprint density at radius 1 is 0.345 bits per heavy atom. The van der Waals surface area contributed by atoms with Crippen molar-refractivity contribution >= 4 is 21.8 Å². The third kappa shape index (κ3) is 6.06. The Hall–Kier alpha value is -7.43. The molecule has 0 aliphatic heterocycles. The summed E-state index contributed by atoms with van der Waals surface area (Å²) < 4.78 is 73.1. The molecule has 4 heteroatoms. The van der Waals surface area contributed by atoms with E-state index in [-0.39, 0.29) is 27.6 Å². The van der Waals surface area contributed by atoms with Gasteiger partial charge in [-0.25, -0.2) is 15.0 Å². The van der Waals surface area contributed by atoms with Gasteiger partial charge >= 0.3 is 0 Å². The van der Waals surface area contributed by atoms with E-state index in [4.69, 9.17) is 23.2 Å². The van der Waals surface area contributed by atoms with Crippen LogP contribution in [0.15, 0.2) is 206 Å². The number of nitrogens with zero attached hydrogens (tertiary/aromatic N) is 4. The molecule has 8 aromatic carbocycles. The van der Waals surface area contributed by atoms with Crippen molar-refractivity contribution in [3.05, 3.63) is 206 Å². The fraction of sp³-hybridized carbons (Fsp3) is 0. The van der Waals surface area contributed by atoms with Gasteiger partial charge in [-0.15, -0.1) is 0 Å². The third-order valence-electron chi connectivity index (χ3n) is 9.69. The average molecular weight is 711 g/mol. The van der Waals surface area contributed by atoms with Crippen LogP contribution in [0.25, 0.3) is 95.0 Å². The maximum absolute atomic E-state index is 9.30. The van der Waals surface area contributed by atoms with E-state index in [1.807, 2.05) is 115 Å². The van der Waals surface area contributed by atoms with Gasteiger partial charge in [0.1, 0.15) is 0 Å². The van der Waals surface area contributed by atoms with Crippen LogP contribution in [0.4, 0.5) is 0 Å². The van der Waals surface area contributed by atoms with E-state index in [9.17, 15) is 2.74 Å². The van der Waals surface area contributed by atoms with Crippen LogP contribution in [0.1, 0.15) is 11.0 Å². The smallest absolute Gasteiger partial charge is 0.166 e. The minimum absolute atomic E-state index is 0.00455. The second-order valence-corrected chi connectivity index (χ2v) is 13.1. The van der Waals surface area contributed by atoms with Gasteiger partial charge in [0.2, 0.25) is 0 Å². The fourth-order valence-electron chi connectivity index (χ4n) is 7.07. The van der Waals surface area contributed by atoms with E-state index < -0.39 is 48.3 Å². The molecule has 2 aromatic heterocycles. The maximum atomic E-state index is 9.30. The summed E-state index contributed by atoms with van der Waals surface area (Å²) in [5, 5.41) is -0.0434. The lowest BCUT2D eigenvalue weighted by molar-refractivity contribution is 1.06. The lowest BCUT2D eigenvalue weighted by Crippen LogP contribution is -2.04. The highest BCUT2D eigenvalue weighted by molar-refractivity contribution is 6.09. The fourth-order valence-corrected chi connectivity index (χ4v) is 7.07. The van der Waals surface area contributed by atoms with Gasteiger partial charge in [-0.2, -0.15) is 0 Å². The number of rotatable bonds is 7. The first-order valence-electron chi connectivity index (χ1n) is 21.9. The Labute approximate surface area is 331 Å². The van der Waals surface area contributed by atoms with E-state index in [0.29, 0.717) is 22.9 Å². The molecule has 0 fully saturated rings. The van der Waals surface area contributed by atoms with E-state index in [2.05, 4.69) is 42.5 Å². The molecular weight excluding hydrogens is 669 g/mol. The van der Waals surface area contributed by atoms with Crippen LogP contribution in [0.3, 0.4) is 0 Å². The standard InChI is InChI=1S/C51H34N4/c1-5-17-35(18-6-1)39-29-30-45(48(34-39)55-46-27-15-13-25-43(46)44-26-14-16-28-47(44)55)51-53-49(38-23-11-4-12-24-38)52-50(54-51)42-32-40(36-19-7-2-8-20-36)31-41(33-42)37-21-9-3-10-22-37/h1-34H/i13D,14D,15D,16D,25D,26D,27D,28D. The summed E-state index contributed by atoms with van der Waals surface area (Å²) >= 11 is 0. The summed E-state index contributed by atoms with van der Waals surface area (Å²) in [5.74, 6) is 0.987. The van der Waals surface area contributed by atoms with Crippen molar-refractivity contribution in [2.45, 2.75) is 0 Å². The summed E-state index contributed by atoms with van der Waals surface area (Å²) in [6, 6.07) is 47.5. The van der Waals surface area contributed by atoms with E-state index >= 15 is 0 Å². The first-order valence-corrected chi connectivity index (χ1v) is 17.9. The molecule has 0 N–H and O–H groups in total. The average Bonchev–Trinajstić information content (AvgIpc) is 3.71. The molecule has 55 heavy (non-hydrogen) atoms. The van der Waals surface area contributed by atoms with Crippen LogP contribution >= 0.6 is 0 Å². The van der Waals surface area contributed by atoms with Gasteiger partial charge in [0, 0.05) is 27.5 Å². The zero-order chi connectivity index (χ0) is 43.5. The third-order valence-corrected chi connectivity index (χ3v) is 9.69. The topological polar surface area (TPSA) is 43.6 Å². The molecule has 0 unspecified atom stereocenters. The molecule has 0 amide bonds. The molecule has 0 bridgehead atoms. The normalized spacial score (nSPS) is 13.3. The van der Waals surface area contributed by atoms with Crippen LogP contribution in [-0.2, 0) is 0 Å². The summed E-state index contributed by atoms with van der Waals surface area (Å²) in [7, 11) is 0. The van der Waals surface area contributed by atoms with Gasteiger partial charge < -0.3 is 4.57 Å². The van der Waals surface area contributed by atoms with Crippen molar-refractivity contribution in [1.29, 1.82) is 0 Å². The molecule has 0 aliphatic rings. The molecular formula is C51H34N4. The molecule has 4 nitrogen and oxygen atoms in total. The van der Waals surface area contributed by atoms with Crippen molar-refractivity contribution in [1.82, 2.24) is 19.5 Å². The number of fused-ring (bicyclic) bond motifs is 3. The second-order valence-electron chi connectivity index (χ2n) is 13.1. The largest absolute Gasteiger partial charge is 0.308 e. The molecule has 2 heterocycles. The Morgan fingerprint density at radius 2 is 0.764 bits per heavy atom. The Morgan fingerprint density at radius 3 is 1.29 bits per heavy atom. The highest BCUT2D eigenvalue weighted by Crippen LogP contribution is 2.39. The van der Waals surface area contributed by atoms with E-state index in [1.165, 1.54) is 4.57 Å². The molecule has 0 aliphatic carbocycles. The quantitative estimate of drug-likeness (QED) is 0.165. The minimum atomic E-state index is -0.514. The number of benzene rings is 8. The molecule has 0 spiro atoms. The number of hydrogen-bond acceptors (Lipinski definition) is 3. The molecule has 258 valence electrons. The van der Waals surface area contributed by atoms with Crippen molar-refractivity contribution in [3.8, 4) is 73.2 Å². The number of hydrogen-bond donors (Lipinski definition) is 0. The molecule has 0 atom stereocenters. The Bertz CT molecular complexity index is 3280. The van der Waals surface area contributed by atoms with Gasteiger partial charge in [-0.05, 0) is 75.8 Å². The number of aromatic nitrogens is 4. The monoisotopic (exact) mass is 710 g/mol. The van der Waals surface area contributed by atoms with Crippen LogP contribution < -0.4 is 0 Å². The second kappa shape index (κ2) is 13.8. The molecule has 10 aromatic rings. The van der Waals surface area contributed by atoms with E-state index in [1.54, 1.807) is 0 Å². The predicted octanol–water partition coefficient (Wildman–Crippen LogP) is 13.0. The van der Waals surface area contributed by atoms with Gasteiger partial charge in [-0.1, -0.05) is 164 Å². The summed E-state index contributed by atoms with van der Waals surface area (Å²) in [5.41, 5.74) is 7.72. The first kappa shape index (κ1) is 24.7. The highest BCUT2D eigenvalue weighted by Gasteiger charge is 2.21. The van der Waals surface area contributed by atoms with Crippen molar-refractivity contribution in [2.24, 2.45) is 0 Å². The lowest BCUT2D eigenvalue weighted by atomic mass is 9.96. The first-order chi connectivity index (χ1) is 30.6. The van der Waals surface area contributed by atoms with E-state index in [0.717, 1.165) is 44.5 Å². The SMILES string of the molecule is [2H]c1c([2H])c([2H])c2c(c1[2H])c1c([2H])c([2H])c([2H])c([2H])c1n2-c1cc(-c2ccccc2)ccc1-c1nc(-c2ccccc2)nc(-c2cc(-c3ccccc3)cc(-c3ccccc3)c2)n1. The highest BCUT2D eigenvalue weighted by atomic mass is 15.1. The molecule has 10 rings (SSSR count). The molecule has 0 saturated carbocycles. The maximum Gasteiger partial charge on any atom is 0.166 e. The van der Waals surface area contributed by atoms with Crippen LogP contribution in [0, 0.1) is 0 Å².